The number of H-pyrrole nitrogens is 1. The van der Waals surface area contributed by atoms with E-state index in [4.69, 9.17) is 11.6 Å². The standard InChI is InChI=1S/C17H21ClN4O4S/c1-11(16(23)19-9-10-20-27(2,25)26)21-17(24)15-8-7-14(22-15)12-3-5-13(18)6-4-12/h3-8,11,20,22H,9-10H2,1-2H3,(H,19,23)(H,21,24). The molecule has 0 aliphatic heterocycles. The largest absolute Gasteiger partial charge is 0.353 e. The SMILES string of the molecule is CC(NC(=O)c1ccc(-c2ccc(Cl)cc2)[nH]1)C(=O)NCCNS(C)(=O)=O. The zero-order valence-electron chi connectivity index (χ0n) is 14.9. The van der Waals surface area contributed by atoms with Gasteiger partial charge >= 0.3 is 0 Å². The van der Waals surface area contributed by atoms with E-state index in [9.17, 15) is 18.0 Å². The van der Waals surface area contributed by atoms with Crippen molar-refractivity contribution in [3.63, 3.8) is 0 Å². The average Bonchev–Trinajstić information content (AvgIpc) is 3.08. The zero-order chi connectivity index (χ0) is 20.0. The summed E-state index contributed by atoms with van der Waals surface area (Å²) in [7, 11) is -3.30. The summed E-state index contributed by atoms with van der Waals surface area (Å²) in [6.07, 6.45) is 1.03. The highest BCUT2D eigenvalue weighted by Gasteiger charge is 2.17. The van der Waals surface area contributed by atoms with Crippen molar-refractivity contribution in [2.75, 3.05) is 19.3 Å². The maximum atomic E-state index is 12.3. The molecular weight excluding hydrogens is 392 g/mol. The van der Waals surface area contributed by atoms with Crippen LogP contribution in [0.4, 0.5) is 0 Å². The Morgan fingerprint density at radius 2 is 1.78 bits per heavy atom. The van der Waals surface area contributed by atoms with Crippen LogP contribution in [0.15, 0.2) is 36.4 Å². The van der Waals surface area contributed by atoms with Crippen LogP contribution in [0.25, 0.3) is 11.3 Å². The van der Waals surface area contributed by atoms with Crippen molar-refractivity contribution < 1.29 is 18.0 Å². The number of hydrogen-bond donors (Lipinski definition) is 4. The topological polar surface area (TPSA) is 120 Å². The van der Waals surface area contributed by atoms with Crippen molar-refractivity contribution in [1.82, 2.24) is 20.3 Å². The lowest BCUT2D eigenvalue weighted by Crippen LogP contribution is -2.46. The maximum absolute atomic E-state index is 12.3. The summed E-state index contributed by atoms with van der Waals surface area (Å²) in [5, 5.41) is 5.75. The van der Waals surface area contributed by atoms with E-state index in [0.29, 0.717) is 10.7 Å². The summed E-state index contributed by atoms with van der Waals surface area (Å²) in [6, 6.07) is 9.77. The lowest BCUT2D eigenvalue weighted by Gasteiger charge is -2.13. The third-order valence-electron chi connectivity index (χ3n) is 3.62. The van der Waals surface area contributed by atoms with Gasteiger partial charge in [0, 0.05) is 23.8 Å². The minimum atomic E-state index is -3.30. The fourth-order valence-corrected chi connectivity index (χ4v) is 2.84. The Kier molecular flexibility index (Phi) is 7.00. The van der Waals surface area contributed by atoms with Crippen LogP contribution in [0, 0.1) is 0 Å². The predicted molar refractivity (Wildman–Crippen MR) is 104 cm³/mol. The van der Waals surface area contributed by atoms with Gasteiger partial charge in [-0.2, -0.15) is 0 Å². The molecule has 27 heavy (non-hydrogen) atoms. The fourth-order valence-electron chi connectivity index (χ4n) is 2.24. The Morgan fingerprint density at radius 1 is 1.11 bits per heavy atom. The second-order valence-corrected chi connectivity index (χ2v) is 8.21. The molecule has 0 radical (unpaired) electrons. The number of hydrogen-bond acceptors (Lipinski definition) is 4. The van der Waals surface area contributed by atoms with Crippen LogP contribution in [-0.4, -0.2) is 50.6 Å². The second-order valence-electron chi connectivity index (χ2n) is 5.95. The zero-order valence-corrected chi connectivity index (χ0v) is 16.4. The average molecular weight is 413 g/mol. The molecule has 2 aromatic rings. The molecule has 1 unspecified atom stereocenters. The van der Waals surface area contributed by atoms with Crippen LogP contribution in [0.5, 0.6) is 0 Å². The van der Waals surface area contributed by atoms with Crippen LogP contribution in [0.1, 0.15) is 17.4 Å². The predicted octanol–water partition coefficient (Wildman–Crippen LogP) is 1.12. The van der Waals surface area contributed by atoms with Gasteiger partial charge in [0.1, 0.15) is 11.7 Å². The summed E-state index contributed by atoms with van der Waals surface area (Å²) in [5.74, 6) is -0.838. The first-order valence-electron chi connectivity index (χ1n) is 8.14. The third-order valence-corrected chi connectivity index (χ3v) is 4.60. The molecule has 1 heterocycles. The Labute approximate surface area is 162 Å². The molecule has 2 amide bonds. The maximum Gasteiger partial charge on any atom is 0.268 e. The number of aromatic nitrogens is 1. The number of amides is 2. The van der Waals surface area contributed by atoms with Crippen molar-refractivity contribution >= 4 is 33.4 Å². The summed E-state index contributed by atoms with van der Waals surface area (Å²) in [4.78, 5) is 27.3. The Hall–Kier alpha value is -2.36. The number of carbonyl (C=O) groups is 2. The van der Waals surface area contributed by atoms with Gasteiger partial charge in [0.15, 0.2) is 0 Å². The van der Waals surface area contributed by atoms with Crippen molar-refractivity contribution in [3.8, 4) is 11.3 Å². The smallest absolute Gasteiger partial charge is 0.268 e. The van der Waals surface area contributed by atoms with Gasteiger partial charge in [-0.25, -0.2) is 13.1 Å². The molecule has 0 saturated carbocycles. The Morgan fingerprint density at radius 3 is 2.41 bits per heavy atom. The van der Waals surface area contributed by atoms with Gasteiger partial charge in [-0.3, -0.25) is 9.59 Å². The van der Waals surface area contributed by atoms with Crippen molar-refractivity contribution in [2.45, 2.75) is 13.0 Å². The van der Waals surface area contributed by atoms with E-state index in [-0.39, 0.29) is 13.1 Å². The van der Waals surface area contributed by atoms with Gasteiger partial charge in [-0.15, -0.1) is 0 Å². The number of rotatable bonds is 8. The molecule has 8 nitrogen and oxygen atoms in total. The summed E-state index contributed by atoms with van der Waals surface area (Å²) >= 11 is 5.86. The van der Waals surface area contributed by atoms with Crippen molar-refractivity contribution in [3.05, 3.63) is 47.1 Å². The van der Waals surface area contributed by atoms with Crippen molar-refractivity contribution in [2.24, 2.45) is 0 Å². The van der Waals surface area contributed by atoms with E-state index in [2.05, 4.69) is 20.3 Å². The highest BCUT2D eigenvalue weighted by atomic mass is 35.5. The molecule has 1 aromatic carbocycles. The molecule has 0 fully saturated rings. The molecule has 146 valence electrons. The van der Waals surface area contributed by atoms with Crippen LogP contribution >= 0.6 is 11.6 Å². The van der Waals surface area contributed by atoms with E-state index >= 15 is 0 Å². The van der Waals surface area contributed by atoms with Gasteiger partial charge in [0.25, 0.3) is 5.91 Å². The molecule has 0 aliphatic rings. The number of aromatic amines is 1. The molecule has 0 aliphatic carbocycles. The van der Waals surface area contributed by atoms with Gasteiger partial charge in [0.2, 0.25) is 15.9 Å². The summed E-state index contributed by atoms with van der Waals surface area (Å²) < 4.78 is 24.1. The lowest BCUT2D eigenvalue weighted by atomic mass is 10.2. The first-order valence-corrected chi connectivity index (χ1v) is 10.4. The quantitative estimate of drug-likeness (QED) is 0.485. The fraction of sp³-hybridized carbons (Fsp3) is 0.294. The summed E-state index contributed by atoms with van der Waals surface area (Å²) in [6.45, 7) is 1.74. The van der Waals surface area contributed by atoms with Crippen LogP contribution in [-0.2, 0) is 14.8 Å². The molecular formula is C17H21ClN4O4S. The van der Waals surface area contributed by atoms with Gasteiger partial charge in [-0.1, -0.05) is 23.7 Å². The number of benzene rings is 1. The van der Waals surface area contributed by atoms with Gasteiger partial charge < -0.3 is 15.6 Å². The number of halogens is 1. The number of sulfonamides is 1. The van der Waals surface area contributed by atoms with Crippen LogP contribution < -0.4 is 15.4 Å². The number of carbonyl (C=O) groups excluding carboxylic acids is 2. The Bertz CT molecular complexity index is 909. The molecule has 2 rings (SSSR count). The second kappa shape index (κ2) is 9.03. The first kappa shape index (κ1) is 20.9. The first-order chi connectivity index (χ1) is 12.7. The molecule has 0 spiro atoms. The van der Waals surface area contributed by atoms with E-state index in [1.165, 1.54) is 0 Å². The molecule has 1 aromatic heterocycles. The minimum absolute atomic E-state index is 0.0757. The molecule has 4 N–H and O–H groups in total. The van der Waals surface area contributed by atoms with E-state index < -0.39 is 27.9 Å². The van der Waals surface area contributed by atoms with Crippen LogP contribution in [0.2, 0.25) is 5.02 Å². The molecule has 10 heteroatoms. The van der Waals surface area contributed by atoms with Crippen LogP contribution in [0.3, 0.4) is 0 Å². The van der Waals surface area contributed by atoms with E-state index in [1.54, 1.807) is 31.2 Å². The van der Waals surface area contributed by atoms with Crippen molar-refractivity contribution in [1.29, 1.82) is 0 Å². The van der Waals surface area contributed by atoms with Gasteiger partial charge in [0.05, 0.1) is 6.26 Å². The lowest BCUT2D eigenvalue weighted by molar-refractivity contribution is -0.122. The number of nitrogens with one attached hydrogen (secondary N) is 4. The highest BCUT2D eigenvalue weighted by molar-refractivity contribution is 7.88. The molecule has 1 atom stereocenters. The normalized spacial score (nSPS) is 12.4. The third kappa shape index (κ3) is 6.70. The van der Waals surface area contributed by atoms with E-state index in [1.807, 2.05) is 12.1 Å². The highest BCUT2D eigenvalue weighted by Crippen LogP contribution is 2.20. The van der Waals surface area contributed by atoms with Gasteiger partial charge in [-0.05, 0) is 36.8 Å². The monoisotopic (exact) mass is 412 g/mol. The molecule has 0 saturated heterocycles. The molecule has 0 bridgehead atoms. The van der Waals surface area contributed by atoms with E-state index in [0.717, 1.165) is 17.5 Å². The Balaban J connectivity index is 1.87. The summed E-state index contributed by atoms with van der Waals surface area (Å²) in [5.41, 5.74) is 1.95. The minimum Gasteiger partial charge on any atom is -0.353 e.